The highest BCUT2D eigenvalue weighted by Gasteiger charge is 2.17. The molecule has 0 bridgehead atoms. The zero-order valence-corrected chi connectivity index (χ0v) is 10.9. The first-order valence-electron chi connectivity index (χ1n) is 6.98. The van der Waals surface area contributed by atoms with Crippen molar-refractivity contribution in [3.8, 4) is 0 Å². The van der Waals surface area contributed by atoms with E-state index in [1.807, 2.05) is 12.1 Å². The maximum Gasteiger partial charge on any atom is 0.121 e. The van der Waals surface area contributed by atoms with Gasteiger partial charge < -0.3 is 10.3 Å². The molecule has 3 heteroatoms. The van der Waals surface area contributed by atoms with Crippen LogP contribution in [0.2, 0.25) is 0 Å². The lowest BCUT2D eigenvalue weighted by Crippen LogP contribution is -2.32. The number of rotatable bonds is 3. The highest BCUT2D eigenvalue weighted by Crippen LogP contribution is 2.23. The molecule has 18 heavy (non-hydrogen) atoms. The molecule has 2 N–H and O–H groups in total. The molecule has 0 saturated heterocycles. The SMILES string of the molecule is CC1CCC(NCc2nc3ccccc3[nH]2)CC1. The van der Waals surface area contributed by atoms with Crippen LogP contribution in [0.1, 0.15) is 38.4 Å². The van der Waals surface area contributed by atoms with Crippen LogP contribution < -0.4 is 5.32 Å². The van der Waals surface area contributed by atoms with Gasteiger partial charge in [0.25, 0.3) is 0 Å². The van der Waals surface area contributed by atoms with Crippen molar-refractivity contribution < 1.29 is 0 Å². The summed E-state index contributed by atoms with van der Waals surface area (Å²) in [7, 11) is 0. The number of benzene rings is 1. The van der Waals surface area contributed by atoms with E-state index in [-0.39, 0.29) is 0 Å². The molecule has 1 aliphatic rings. The van der Waals surface area contributed by atoms with E-state index in [1.165, 1.54) is 25.7 Å². The summed E-state index contributed by atoms with van der Waals surface area (Å²) in [5, 5.41) is 3.63. The average molecular weight is 243 g/mol. The lowest BCUT2D eigenvalue weighted by atomic mass is 9.87. The molecule has 1 saturated carbocycles. The van der Waals surface area contributed by atoms with Gasteiger partial charge in [-0.3, -0.25) is 0 Å². The molecule has 1 aliphatic carbocycles. The Labute approximate surface area is 108 Å². The van der Waals surface area contributed by atoms with Crippen molar-refractivity contribution >= 4 is 11.0 Å². The Morgan fingerprint density at radius 2 is 2.00 bits per heavy atom. The van der Waals surface area contributed by atoms with Gasteiger partial charge in [-0.05, 0) is 43.7 Å². The summed E-state index contributed by atoms with van der Waals surface area (Å²) in [6.07, 6.45) is 5.33. The lowest BCUT2D eigenvalue weighted by molar-refractivity contribution is 0.305. The number of H-pyrrole nitrogens is 1. The molecule has 0 radical (unpaired) electrons. The Kier molecular flexibility index (Phi) is 3.33. The Hall–Kier alpha value is -1.35. The molecule has 3 nitrogen and oxygen atoms in total. The third kappa shape index (κ3) is 2.56. The maximum atomic E-state index is 4.59. The summed E-state index contributed by atoms with van der Waals surface area (Å²) < 4.78 is 0. The van der Waals surface area contributed by atoms with Crippen LogP contribution >= 0.6 is 0 Å². The maximum absolute atomic E-state index is 4.59. The summed E-state index contributed by atoms with van der Waals surface area (Å²) in [5.74, 6) is 1.96. The van der Waals surface area contributed by atoms with Gasteiger partial charge in [0, 0.05) is 6.04 Å². The van der Waals surface area contributed by atoms with E-state index < -0.39 is 0 Å². The fraction of sp³-hybridized carbons (Fsp3) is 0.533. The number of fused-ring (bicyclic) bond motifs is 1. The first kappa shape index (κ1) is 11.7. The van der Waals surface area contributed by atoms with Crippen LogP contribution in [0.4, 0.5) is 0 Å². The minimum absolute atomic E-state index is 0.675. The number of aromatic amines is 1. The molecule has 2 aromatic rings. The first-order chi connectivity index (χ1) is 8.81. The van der Waals surface area contributed by atoms with Crippen LogP contribution in [0, 0.1) is 5.92 Å². The zero-order chi connectivity index (χ0) is 12.4. The van der Waals surface area contributed by atoms with Crippen LogP contribution in [-0.4, -0.2) is 16.0 Å². The third-order valence-corrected chi connectivity index (χ3v) is 4.01. The van der Waals surface area contributed by atoms with E-state index >= 15 is 0 Å². The Bertz CT molecular complexity index is 476. The van der Waals surface area contributed by atoms with Crippen molar-refractivity contribution in [3.05, 3.63) is 30.1 Å². The monoisotopic (exact) mass is 243 g/mol. The number of nitrogens with one attached hydrogen (secondary N) is 2. The van der Waals surface area contributed by atoms with Crippen LogP contribution in [0.15, 0.2) is 24.3 Å². The number of aromatic nitrogens is 2. The fourth-order valence-electron chi connectivity index (χ4n) is 2.79. The standard InChI is InChI=1S/C15H21N3/c1-11-6-8-12(9-7-11)16-10-15-17-13-4-2-3-5-14(13)18-15/h2-5,11-12,16H,6-10H2,1H3,(H,17,18). The molecular formula is C15H21N3. The van der Waals surface area contributed by atoms with Crippen molar-refractivity contribution in [1.82, 2.24) is 15.3 Å². The largest absolute Gasteiger partial charge is 0.341 e. The van der Waals surface area contributed by atoms with E-state index in [4.69, 9.17) is 0 Å². The molecule has 0 amide bonds. The molecule has 1 aromatic heterocycles. The lowest BCUT2D eigenvalue weighted by Gasteiger charge is -2.26. The zero-order valence-electron chi connectivity index (χ0n) is 10.9. The Balaban J connectivity index is 1.59. The molecule has 1 heterocycles. The second kappa shape index (κ2) is 5.11. The minimum atomic E-state index is 0.675. The second-order valence-electron chi connectivity index (χ2n) is 5.54. The van der Waals surface area contributed by atoms with E-state index in [0.29, 0.717) is 6.04 Å². The second-order valence-corrected chi connectivity index (χ2v) is 5.54. The first-order valence-corrected chi connectivity index (χ1v) is 6.98. The molecule has 1 aromatic carbocycles. The number of nitrogens with zero attached hydrogens (tertiary/aromatic N) is 1. The molecule has 96 valence electrons. The quantitative estimate of drug-likeness (QED) is 0.869. The molecule has 3 rings (SSSR count). The van der Waals surface area contributed by atoms with E-state index in [9.17, 15) is 0 Å². The molecule has 0 spiro atoms. The van der Waals surface area contributed by atoms with Gasteiger partial charge in [-0.15, -0.1) is 0 Å². The van der Waals surface area contributed by atoms with Gasteiger partial charge in [-0.25, -0.2) is 4.98 Å². The molecule has 1 fully saturated rings. The van der Waals surface area contributed by atoms with Crippen LogP contribution in [0.5, 0.6) is 0 Å². The predicted molar refractivity (Wildman–Crippen MR) is 74.4 cm³/mol. The molecular weight excluding hydrogens is 222 g/mol. The molecule has 0 atom stereocenters. The minimum Gasteiger partial charge on any atom is -0.341 e. The number of hydrogen-bond donors (Lipinski definition) is 2. The number of hydrogen-bond acceptors (Lipinski definition) is 2. The summed E-state index contributed by atoms with van der Waals surface area (Å²) >= 11 is 0. The summed E-state index contributed by atoms with van der Waals surface area (Å²) in [5.41, 5.74) is 2.19. The van der Waals surface area contributed by atoms with Crippen molar-refractivity contribution in [2.24, 2.45) is 5.92 Å². The van der Waals surface area contributed by atoms with Crippen molar-refractivity contribution in [2.45, 2.75) is 45.2 Å². The van der Waals surface area contributed by atoms with Gasteiger partial charge in [0.05, 0.1) is 17.6 Å². The van der Waals surface area contributed by atoms with Crippen LogP contribution in [0.25, 0.3) is 11.0 Å². The summed E-state index contributed by atoms with van der Waals surface area (Å²) in [6, 6.07) is 8.88. The summed E-state index contributed by atoms with van der Waals surface area (Å²) in [4.78, 5) is 7.96. The van der Waals surface area contributed by atoms with E-state index in [0.717, 1.165) is 29.3 Å². The van der Waals surface area contributed by atoms with Crippen LogP contribution in [0.3, 0.4) is 0 Å². The molecule has 0 unspecified atom stereocenters. The van der Waals surface area contributed by atoms with Gasteiger partial charge in [0.1, 0.15) is 5.82 Å². The predicted octanol–water partition coefficient (Wildman–Crippen LogP) is 3.23. The Morgan fingerprint density at radius 1 is 1.22 bits per heavy atom. The van der Waals surface area contributed by atoms with Gasteiger partial charge in [0.15, 0.2) is 0 Å². The van der Waals surface area contributed by atoms with Crippen molar-refractivity contribution in [3.63, 3.8) is 0 Å². The smallest absolute Gasteiger partial charge is 0.121 e. The highest BCUT2D eigenvalue weighted by molar-refractivity contribution is 5.74. The molecule has 0 aliphatic heterocycles. The number of para-hydroxylation sites is 2. The number of imidazole rings is 1. The van der Waals surface area contributed by atoms with E-state index in [2.05, 4.69) is 34.3 Å². The fourth-order valence-corrected chi connectivity index (χ4v) is 2.79. The van der Waals surface area contributed by atoms with E-state index in [1.54, 1.807) is 0 Å². The van der Waals surface area contributed by atoms with Gasteiger partial charge in [-0.2, -0.15) is 0 Å². The van der Waals surface area contributed by atoms with Gasteiger partial charge >= 0.3 is 0 Å². The summed E-state index contributed by atoms with van der Waals surface area (Å²) in [6.45, 7) is 3.21. The van der Waals surface area contributed by atoms with Gasteiger partial charge in [0.2, 0.25) is 0 Å². The average Bonchev–Trinajstić information content (AvgIpc) is 2.81. The topological polar surface area (TPSA) is 40.7 Å². The van der Waals surface area contributed by atoms with Crippen molar-refractivity contribution in [1.29, 1.82) is 0 Å². The van der Waals surface area contributed by atoms with Crippen molar-refractivity contribution in [2.75, 3.05) is 0 Å². The van der Waals surface area contributed by atoms with Gasteiger partial charge in [-0.1, -0.05) is 19.1 Å². The third-order valence-electron chi connectivity index (χ3n) is 4.01. The normalized spacial score (nSPS) is 24.5. The highest BCUT2D eigenvalue weighted by atomic mass is 15.0. The van der Waals surface area contributed by atoms with Crippen LogP contribution in [-0.2, 0) is 6.54 Å². The Morgan fingerprint density at radius 3 is 2.78 bits per heavy atom.